The lowest BCUT2D eigenvalue weighted by molar-refractivity contribution is -0.138. The maximum absolute atomic E-state index is 12.5. The van der Waals surface area contributed by atoms with E-state index in [1.165, 1.54) is 17.0 Å². The van der Waals surface area contributed by atoms with Crippen LogP contribution in [0.3, 0.4) is 0 Å². The van der Waals surface area contributed by atoms with Crippen molar-refractivity contribution >= 4 is 35.1 Å². The van der Waals surface area contributed by atoms with Crippen molar-refractivity contribution in [3.8, 4) is 0 Å². The molecule has 0 atom stereocenters. The van der Waals surface area contributed by atoms with Crippen molar-refractivity contribution in [1.82, 2.24) is 9.88 Å². The third-order valence-electron chi connectivity index (χ3n) is 3.38. The van der Waals surface area contributed by atoms with Crippen LogP contribution in [0.5, 0.6) is 0 Å². The number of rotatable bonds is 4. The average molecular weight is 317 g/mol. The van der Waals surface area contributed by atoms with E-state index in [0.29, 0.717) is 0 Å². The maximum Gasteiger partial charge on any atom is 0.323 e. The van der Waals surface area contributed by atoms with Crippen LogP contribution in [0.15, 0.2) is 12.1 Å². The fraction of sp³-hybridized carbons (Fsp3) is 0.462. The summed E-state index contributed by atoms with van der Waals surface area (Å²) in [6.45, 7) is -0.331. The number of carbonyl (C=O) groups excluding carboxylic acids is 1. The van der Waals surface area contributed by atoms with Gasteiger partial charge in [-0.1, -0.05) is 36.0 Å². The van der Waals surface area contributed by atoms with Gasteiger partial charge in [-0.25, -0.2) is 4.98 Å². The number of hydrogen-bond acceptors (Lipinski definition) is 3. The standard InChI is InChI=1S/C13H14Cl2N2O3/c14-10-6-5-9(12(15)16-10)13(20)17(7-11(18)19)8-3-1-2-4-8/h5-6,8H,1-4,7H2,(H,18,19). The van der Waals surface area contributed by atoms with Crippen molar-refractivity contribution in [3.05, 3.63) is 28.0 Å². The molecule has 1 amide bonds. The van der Waals surface area contributed by atoms with Gasteiger partial charge in [-0.2, -0.15) is 0 Å². The number of pyridine rings is 1. The highest BCUT2D eigenvalue weighted by Crippen LogP contribution is 2.26. The van der Waals surface area contributed by atoms with Crippen LogP contribution in [0.25, 0.3) is 0 Å². The van der Waals surface area contributed by atoms with Crippen LogP contribution in [0.4, 0.5) is 0 Å². The van der Waals surface area contributed by atoms with Gasteiger partial charge in [0.1, 0.15) is 16.9 Å². The number of nitrogens with zero attached hydrogens (tertiary/aromatic N) is 2. The Morgan fingerprint density at radius 1 is 1.30 bits per heavy atom. The predicted octanol–water partition coefficient (Wildman–Crippen LogP) is 2.86. The van der Waals surface area contributed by atoms with E-state index < -0.39 is 11.9 Å². The number of carboxylic acid groups (broad SMARTS) is 1. The first-order valence-corrected chi connectivity index (χ1v) is 7.09. The molecule has 0 bridgehead atoms. The molecule has 7 heteroatoms. The molecule has 5 nitrogen and oxygen atoms in total. The molecule has 0 aromatic carbocycles. The van der Waals surface area contributed by atoms with Crippen molar-refractivity contribution < 1.29 is 14.7 Å². The molecule has 2 rings (SSSR count). The molecule has 0 radical (unpaired) electrons. The van der Waals surface area contributed by atoms with Gasteiger partial charge in [0.05, 0.1) is 5.56 Å². The molecular formula is C13H14Cl2N2O3. The molecule has 1 aliphatic carbocycles. The first-order valence-electron chi connectivity index (χ1n) is 6.34. The van der Waals surface area contributed by atoms with E-state index in [0.717, 1.165) is 25.7 Å². The molecule has 0 saturated heterocycles. The van der Waals surface area contributed by atoms with Gasteiger partial charge in [0, 0.05) is 6.04 Å². The van der Waals surface area contributed by atoms with Gasteiger partial charge in [0.25, 0.3) is 5.91 Å². The van der Waals surface area contributed by atoms with Gasteiger partial charge < -0.3 is 10.0 Å². The summed E-state index contributed by atoms with van der Waals surface area (Å²) < 4.78 is 0. The molecule has 1 fully saturated rings. The summed E-state index contributed by atoms with van der Waals surface area (Å²) in [6, 6.07) is 2.89. The molecule has 1 heterocycles. The Hall–Kier alpha value is -1.33. The smallest absolute Gasteiger partial charge is 0.323 e. The lowest BCUT2D eigenvalue weighted by Crippen LogP contribution is -2.42. The number of aliphatic carboxylic acids is 1. The minimum atomic E-state index is -1.04. The second kappa shape index (κ2) is 6.41. The summed E-state index contributed by atoms with van der Waals surface area (Å²) in [5, 5.41) is 9.18. The molecule has 1 saturated carbocycles. The first kappa shape index (κ1) is 15.1. The summed E-state index contributed by atoms with van der Waals surface area (Å²) in [5.41, 5.74) is 0.184. The normalized spacial score (nSPS) is 15.3. The number of halogens is 2. The summed E-state index contributed by atoms with van der Waals surface area (Å²) in [5.74, 6) is -1.45. The molecule has 1 aliphatic rings. The minimum Gasteiger partial charge on any atom is -0.480 e. The topological polar surface area (TPSA) is 70.5 Å². The highest BCUT2D eigenvalue weighted by atomic mass is 35.5. The first-order chi connectivity index (χ1) is 9.49. The summed E-state index contributed by atoms with van der Waals surface area (Å²) in [7, 11) is 0. The van der Waals surface area contributed by atoms with E-state index in [2.05, 4.69) is 4.98 Å². The molecule has 108 valence electrons. The highest BCUT2D eigenvalue weighted by molar-refractivity contribution is 6.34. The van der Waals surface area contributed by atoms with Crippen LogP contribution in [-0.2, 0) is 4.79 Å². The van der Waals surface area contributed by atoms with Crippen molar-refractivity contribution in [2.24, 2.45) is 0 Å². The average Bonchev–Trinajstić information content (AvgIpc) is 2.88. The number of amides is 1. The number of hydrogen-bond donors (Lipinski definition) is 1. The van der Waals surface area contributed by atoms with Gasteiger partial charge >= 0.3 is 5.97 Å². The zero-order chi connectivity index (χ0) is 14.7. The van der Waals surface area contributed by atoms with E-state index in [9.17, 15) is 9.59 Å². The molecule has 1 aromatic rings. The Morgan fingerprint density at radius 2 is 1.95 bits per heavy atom. The minimum absolute atomic E-state index is 0.00381. The van der Waals surface area contributed by atoms with Crippen molar-refractivity contribution in [2.45, 2.75) is 31.7 Å². The van der Waals surface area contributed by atoms with Crippen LogP contribution in [0.2, 0.25) is 10.3 Å². The summed E-state index contributed by atoms with van der Waals surface area (Å²) >= 11 is 11.6. The van der Waals surface area contributed by atoms with Crippen LogP contribution in [0.1, 0.15) is 36.0 Å². The predicted molar refractivity (Wildman–Crippen MR) is 75.2 cm³/mol. The van der Waals surface area contributed by atoms with Crippen molar-refractivity contribution in [1.29, 1.82) is 0 Å². The lowest BCUT2D eigenvalue weighted by atomic mass is 10.1. The van der Waals surface area contributed by atoms with E-state index in [1.807, 2.05) is 0 Å². The zero-order valence-corrected chi connectivity index (χ0v) is 12.2. The van der Waals surface area contributed by atoms with Crippen molar-refractivity contribution in [2.75, 3.05) is 6.54 Å². The Balaban J connectivity index is 2.27. The van der Waals surface area contributed by atoms with E-state index in [4.69, 9.17) is 28.3 Å². The number of carboxylic acids is 1. The third-order valence-corrected chi connectivity index (χ3v) is 3.88. The molecule has 0 spiro atoms. The quantitative estimate of drug-likeness (QED) is 0.867. The molecule has 0 unspecified atom stereocenters. The molecule has 20 heavy (non-hydrogen) atoms. The van der Waals surface area contributed by atoms with Crippen LogP contribution >= 0.6 is 23.2 Å². The Morgan fingerprint density at radius 3 is 2.50 bits per heavy atom. The Labute approximate surface area is 126 Å². The van der Waals surface area contributed by atoms with Gasteiger partial charge in [-0.15, -0.1) is 0 Å². The Kier molecular flexibility index (Phi) is 4.83. The maximum atomic E-state index is 12.5. The molecule has 1 aromatic heterocycles. The fourth-order valence-electron chi connectivity index (χ4n) is 2.45. The fourth-order valence-corrected chi connectivity index (χ4v) is 2.88. The SMILES string of the molecule is O=C(O)CN(C(=O)c1ccc(Cl)nc1Cl)C1CCCC1. The van der Waals surface area contributed by atoms with Crippen LogP contribution in [-0.4, -0.2) is 39.5 Å². The van der Waals surface area contributed by atoms with E-state index in [-0.39, 0.29) is 28.5 Å². The van der Waals surface area contributed by atoms with Crippen LogP contribution in [0, 0.1) is 0 Å². The summed E-state index contributed by atoms with van der Waals surface area (Å²) in [4.78, 5) is 28.7. The second-order valence-corrected chi connectivity index (χ2v) is 5.48. The Bertz CT molecular complexity index is 530. The molecule has 0 aliphatic heterocycles. The monoisotopic (exact) mass is 316 g/mol. The van der Waals surface area contributed by atoms with Crippen LogP contribution < -0.4 is 0 Å². The third kappa shape index (κ3) is 3.41. The van der Waals surface area contributed by atoms with E-state index in [1.54, 1.807) is 0 Å². The van der Waals surface area contributed by atoms with Crippen molar-refractivity contribution in [3.63, 3.8) is 0 Å². The number of aromatic nitrogens is 1. The van der Waals surface area contributed by atoms with Gasteiger partial charge in [-0.05, 0) is 25.0 Å². The largest absolute Gasteiger partial charge is 0.480 e. The summed E-state index contributed by atoms with van der Waals surface area (Å²) in [6.07, 6.45) is 3.64. The zero-order valence-electron chi connectivity index (χ0n) is 10.7. The molecular weight excluding hydrogens is 303 g/mol. The van der Waals surface area contributed by atoms with E-state index >= 15 is 0 Å². The molecule has 1 N–H and O–H groups in total. The van der Waals surface area contributed by atoms with Gasteiger partial charge in [0.15, 0.2) is 0 Å². The second-order valence-electron chi connectivity index (χ2n) is 4.74. The number of carbonyl (C=O) groups is 2. The van der Waals surface area contributed by atoms with Gasteiger partial charge in [0.2, 0.25) is 0 Å². The van der Waals surface area contributed by atoms with Gasteiger partial charge in [-0.3, -0.25) is 9.59 Å². The highest BCUT2D eigenvalue weighted by Gasteiger charge is 2.30. The lowest BCUT2D eigenvalue weighted by Gasteiger charge is -2.27.